The van der Waals surface area contributed by atoms with Gasteiger partial charge in [-0.05, 0) is 0 Å². The van der Waals surface area contributed by atoms with Gasteiger partial charge >= 0.3 is 0 Å². The summed E-state index contributed by atoms with van der Waals surface area (Å²) in [7, 11) is 0. The fourth-order valence-corrected chi connectivity index (χ4v) is 0. The lowest BCUT2D eigenvalue weighted by molar-refractivity contribution is 1.58. The van der Waals surface area contributed by atoms with E-state index < -0.39 is 0 Å². The van der Waals surface area contributed by atoms with Crippen LogP contribution in [-0.4, -0.2) is 0 Å². The maximum atomic E-state index is 6.99. The minimum absolute atomic E-state index is 0. The van der Waals surface area contributed by atoms with Crippen molar-refractivity contribution >= 4 is 0 Å². The quantitative estimate of drug-likeness (QED) is 0.471. The van der Waals surface area contributed by atoms with E-state index in [1.807, 2.05) is 0 Å². The molecule has 0 saturated heterocycles. The standard InChI is InChI=1S/CHN.8CH4/c1-2;;;;;;;;/h1H;8*1H4/i1D;;;;;;;;. The first-order valence-corrected chi connectivity index (χ1v) is 0.224. The van der Waals surface area contributed by atoms with Gasteiger partial charge in [-0.2, -0.15) is 0 Å². The van der Waals surface area contributed by atoms with E-state index >= 15 is 0 Å². The summed E-state index contributed by atoms with van der Waals surface area (Å²) < 4.78 is 5.51. The van der Waals surface area contributed by atoms with Gasteiger partial charge in [0.15, 0.2) is 1.37 Å². The van der Waals surface area contributed by atoms with Gasteiger partial charge in [0.05, 0.1) is 0 Å². The molecule has 0 fully saturated rings. The van der Waals surface area contributed by atoms with Crippen LogP contribution in [0.1, 0.15) is 60.8 Å². The van der Waals surface area contributed by atoms with Gasteiger partial charge in [-0.3, -0.25) is 0 Å². The Labute approximate surface area is 73.5 Å². The van der Waals surface area contributed by atoms with Gasteiger partial charge in [-0.1, -0.05) is 59.4 Å². The summed E-state index contributed by atoms with van der Waals surface area (Å²) >= 11 is 0. The van der Waals surface area contributed by atoms with Crippen LogP contribution in [0, 0.1) is 11.8 Å². The lowest BCUT2D eigenvalue weighted by Crippen LogP contribution is -0.569. The fourth-order valence-electron chi connectivity index (χ4n) is 0. The van der Waals surface area contributed by atoms with Gasteiger partial charge in [0, 0.05) is 6.55 Å². The van der Waals surface area contributed by atoms with Gasteiger partial charge in [-0.15, -0.1) is 0 Å². The van der Waals surface area contributed by atoms with Crippen LogP contribution in [0.3, 0.4) is 0 Å². The second kappa shape index (κ2) is 1830. The first kappa shape index (κ1) is 308. The van der Waals surface area contributed by atoms with Crippen LogP contribution >= 0.6 is 0 Å². The van der Waals surface area contributed by atoms with Crippen molar-refractivity contribution in [3.05, 3.63) is 0 Å². The average Bonchev–Trinajstić information content (AvgIpc) is 0.918. The predicted octanol–water partition coefficient (Wildman–Crippen LogP) is 5.23. The summed E-state index contributed by atoms with van der Waals surface area (Å²) in [6.45, 7) is 1.00. The molecule has 10 heavy (non-hydrogen) atoms. The molecule has 0 rings (SSSR count). The van der Waals surface area contributed by atoms with Gasteiger partial charge in [-0.25, -0.2) is 5.26 Å². The number of hydrogen-bond acceptors (Lipinski definition) is 1. The highest BCUT2D eigenvalue weighted by molar-refractivity contribution is 4.03. The molecule has 0 saturated carbocycles. The monoisotopic (exact) mass is 156 g/mol. The van der Waals surface area contributed by atoms with E-state index in [-0.39, 0.29) is 59.4 Å². The summed E-state index contributed by atoms with van der Waals surface area (Å²) in [6.07, 6.45) is 0. The second-order valence-electron chi connectivity index (χ2n) is 0. The summed E-state index contributed by atoms with van der Waals surface area (Å²) in [5.41, 5.74) is 0. The first-order valence-electron chi connectivity index (χ1n) is 0.724. The highest BCUT2D eigenvalue weighted by Gasteiger charge is 0.513. The normalized spacial score (nSPS) is 0.900. The minimum atomic E-state index is 0. The van der Waals surface area contributed by atoms with Crippen LogP contribution in [-0.2, 0) is 0 Å². The van der Waals surface area contributed by atoms with E-state index in [4.69, 9.17) is 6.63 Å². The number of nitriles is 1. The van der Waals surface area contributed by atoms with Crippen LogP contribution < -0.4 is 0 Å². The Hall–Kier alpha value is -0.510. The van der Waals surface area contributed by atoms with Crippen molar-refractivity contribution in [2.75, 3.05) is 0 Å². The second-order valence-corrected chi connectivity index (χ2v) is 0. The smallest absolute Gasteiger partial charge is 0.156 e. The molecule has 0 aliphatic heterocycles. The molecular weight excluding hydrogens is 122 g/mol. The molecule has 74 valence electrons. The van der Waals surface area contributed by atoms with Gasteiger partial charge in [0.1, 0.15) is 0 Å². The molecule has 0 aromatic heterocycles. The summed E-state index contributed by atoms with van der Waals surface area (Å²) in [5, 5.41) is 6.99. The van der Waals surface area contributed by atoms with Gasteiger partial charge in [0.25, 0.3) is 0 Å². The molecule has 0 heterocycles. The van der Waals surface area contributed by atoms with Crippen molar-refractivity contribution in [3.63, 3.8) is 0 Å². The van der Waals surface area contributed by atoms with Crippen LogP contribution in [0.25, 0.3) is 0 Å². The molecule has 0 aromatic carbocycles. The Bertz CT molecular complexity index is 31.0. The summed E-state index contributed by atoms with van der Waals surface area (Å²) in [4.78, 5) is 0. The molecular formula is C9H33N. The molecule has 0 radical (unpaired) electrons. The van der Waals surface area contributed by atoms with Crippen molar-refractivity contribution in [1.82, 2.24) is 0 Å². The molecule has 0 aromatic rings. The van der Waals surface area contributed by atoms with E-state index in [2.05, 4.69) is 0 Å². The minimum Gasteiger partial charge on any atom is -0.202 e. The highest BCUT2D eigenvalue weighted by Crippen LogP contribution is 0.586. The molecule has 0 spiro atoms. The van der Waals surface area contributed by atoms with Crippen molar-refractivity contribution in [1.29, 1.82) is 5.26 Å². The summed E-state index contributed by atoms with van der Waals surface area (Å²) in [6, 6.07) is 0. The van der Waals surface area contributed by atoms with Crippen molar-refractivity contribution < 1.29 is 1.37 Å². The molecule has 0 amide bonds. The maximum Gasteiger partial charge on any atom is 0.156 e. The Morgan fingerprint density at radius 1 is 0.700 bits per heavy atom. The molecule has 0 N–H and O–H groups in total. The molecule has 1 nitrogen and oxygen atoms in total. The van der Waals surface area contributed by atoms with Crippen LogP contribution in [0.5, 0.6) is 0 Å². The Kier molecular flexibility index (Phi) is 56400. The van der Waals surface area contributed by atoms with Crippen molar-refractivity contribution in [3.8, 4) is 6.55 Å². The zero-order chi connectivity index (χ0) is 2.71. The average molecular weight is 156 g/mol. The maximum absolute atomic E-state index is 6.99. The van der Waals surface area contributed by atoms with Crippen LogP contribution in [0.2, 0.25) is 0 Å². The SMILES string of the molecule is C.C.C.C.C.C.C.C.[2H]C#N. The topological polar surface area (TPSA) is 23.8 Å². The molecule has 0 unspecified atom stereocenters. The third-order valence-corrected chi connectivity index (χ3v) is 0. The zero-order valence-corrected chi connectivity index (χ0v) is 0.947. The highest BCUT2D eigenvalue weighted by atomic mass is 14.2. The zero-order valence-electron chi connectivity index (χ0n) is 1.95. The van der Waals surface area contributed by atoms with E-state index in [1.54, 1.807) is 0 Å². The predicted molar refractivity (Wildman–Crippen MR) is 60.5 cm³/mol. The number of hydrogen-bond donors (Lipinski definition) is 0. The van der Waals surface area contributed by atoms with Crippen LogP contribution in [0.15, 0.2) is 0 Å². The Balaban J connectivity index is -0.000000000714. The molecule has 0 aliphatic rings. The molecule has 0 bridgehead atoms. The van der Waals surface area contributed by atoms with Crippen LogP contribution in [0.4, 0.5) is 0 Å². The molecule has 0 atom stereocenters. The number of nitrogens with zero attached hydrogens (tertiary/aromatic N) is 1. The van der Waals surface area contributed by atoms with E-state index in [1.165, 1.54) is 0 Å². The third kappa shape index (κ3) is 1210. The van der Waals surface area contributed by atoms with Crippen molar-refractivity contribution in [2.24, 2.45) is 0 Å². The number of rotatable bonds is 0. The summed E-state index contributed by atoms with van der Waals surface area (Å²) in [5.74, 6) is 0. The van der Waals surface area contributed by atoms with E-state index in [0.29, 0.717) is 0 Å². The third-order valence-electron chi connectivity index (χ3n) is 0. The van der Waals surface area contributed by atoms with Gasteiger partial charge < -0.3 is 0 Å². The lowest BCUT2D eigenvalue weighted by atomic mass is 11.9. The van der Waals surface area contributed by atoms with E-state index in [9.17, 15) is 0 Å². The lowest BCUT2D eigenvalue weighted by Gasteiger charge is -0.668. The molecule has 0 aliphatic carbocycles. The molecule has 1 heteroatoms. The van der Waals surface area contributed by atoms with Gasteiger partial charge in [0.2, 0.25) is 0 Å². The first-order chi connectivity index (χ1) is 1.41. The fraction of sp³-hybridized carbons (Fsp3) is 0.889. The Morgan fingerprint density at radius 2 is 0.700 bits per heavy atom. The van der Waals surface area contributed by atoms with E-state index in [0.717, 1.165) is 6.55 Å². The Morgan fingerprint density at radius 3 is 0.700 bits per heavy atom. The largest absolute Gasteiger partial charge is 0.202 e. The van der Waals surface area contributed by atoms with Crippen molar-refractivity contribution in [2.45, 2.75) is 59.4 Å².